The van der Waals surface area contributed by atoms with E-state index in [1.807, 2.05) is 6.20 Å². The van der Waals surface area contributed by atoms with Gasteiger partial charge in [0.1, 0.15) is 5.82 Å². The standard InChI is InChI=1S/C15H27N3/c1-4-6-15-17-9-10-18(15)14-11-12(5-2)7-8-13(14)16-3/h9-10,12-14,16H,4-8,11H2,1-3H3. The Hall–Kier alpha value is -0.830. The van der Waals surface area contributed by atoms with Crippen molar-refractivity contribution in [1.29, 1.82) is 0 Å². The highest BCUT2D eigenvalue weighted by Crippen LogP contribution is 2.35. The van der Waals surface area contributed by atoms with Gasteiger partial charge in [-0.1, -0.05) is 20.3 Å². The predicted octanol–water partition coefficient (Wildman–Crippen LogP) is 3.17. The Morgan fingerprint density at radius 3 is 2.89 bits per heavy atom. The maximum atomic E-state index is 4.54. The highest BCUT2D eigenvalue weighted by atomic mass is 15.1. The number of likely N-dealkylation sites (N-methyl/N-ethyl adjacent to an activating group) is 1. The first-order valence-corrected chi connectivity index (χ1v) is 7.49. The molecule has 102 valence electrons. The zero-order valence-corrected chi connectivity index (χ0v) is 12.0. The molecule has 1 aromatic rings. The Morgan fingerprint density at radius 1 is 1.39 bits per heavy atom. The Bertz CT molecular complexity index is 358. The van der Waals surface area contributed by atoms with E-state index < -0.39 is 0 Å². The third kappa shape index (κ3) is 2.77. The molecule has 1 fully saturated rings. The number of hydrogen-bond acceptors (Lipinski definition) is 2. The lowest BCUT2D eigenvalue weighted by atomic mass is 9.81. The van der Waals surface area contributed by atoms with Gasteiger partial charge < -0.3 is 9.88 Å². The van der Waals surface area contributed by atoms with Crippen LogP contribution >= 0.6 is 0 Å². The van der Waals surface area contributed by atoms with Gasteiger partial charge in [-0.3, -0.25) is 0 Å². The highest BCUT2D eigenvalue weighted by Gasteiger charge is 2.30. The lowest BCUT2D eigenvalue weighted by molar-refractivity contribution is 0.205. The second-order valence-electron chi connectivity index (χ2n) is 5.55. The maximum Gasteiger partial charge on any atom is 0.108 e. The van der Waals surface area contributed by atoms with E-state index in [1.165, 1.54) is 37.9 Å². The van der Waals surface area contributed by atoms with Crippen LogP contribution in [-0.2, 0) is 6.42 Å². The van der Waals surface area contributed by atoms with Crippen LogP contribution < -0.4 is 5.32 Å². The molecule has 0 aromatic carbocycles. The van der Waals surface area contributed by atoms with E-state index in [0.29, 0.717) is 12.1 Å². The first-order valence-electron chi connectivity index (χ1n) is 7.49. The molecule has 0 spiro atoms. The molecule has 1 saturated carbocycles. The first kappa shape index (κ1) is 13.6. The average molecular weight is 249 g/mol. The quantitative estimate of drug-likeness (QED) is 0.868. The zero-order chi connectivity index (χ0) is 13.0. The number of aromatic nitrogens is 2. The van der Waals surface area contributed by atoms with Crippen molar-refractivity contribution in [3.8, 4) is 0 Å². The van der Waals surface area contributed by atoms with Crippen molar-refractivity contribution < 1.29 is 0 Å². The first-order chi connectivity index (χ1) is 8.80. The van der Waals surface area contributed by atoms with Crippen molar-refractivity contribution in [2.75, 3.05) is 7.05 Å². The van der Waals surface area contributed by atoms with Gasteiger partial charge in [0.25, 0.3) is 0 Å². The van der Waals surface area contributed by atoms with Crippen molar-refractivity contribution in [2.45, 2.75) is 64.5 Å². The van der Waals surface area contributed by atoms with Gasteiger partial charge in [-0.2, -0.15) is 0 Å². The van der Waals surface area contributed by atoms with E-state index in [2.05, 4.69) is 42.0 Å². The Labute approximate surface area is 111 Å². The fraction of sp³-hybridized carbons (Fsp3) is 0.800. The molecule has 3 heteroatoms. The minimum Gasteiger partial charge on any atom is -0.330 e. The van der Waals surface area contributed by atoms with Gasteiger partial charge in [-0.05, 0) is 38.6 Å². The largest absolute Gasteiger partial charge is 0.330 e. The smallest absolute Gasteiger partial charge is 0.108 e. The second-order valence-corrected chi connectivity index (χ2v) is 5.55. The fourth-order valence-corrected chi connectivity index (χ4v) is 3.31. The lowest BCUT2D eigenvalue weighted by Crippen LogP contribution is -2.40. The Balaban J connectivity index is 2.18. The molecule has 1 heterocycles. The van der Waals surface area contributed by atoms with Gasteiger partial charge in [0.2, 0.25) is 0 Å². The van der Waals surface area contributed by atoms with Crippen LogP contribution in [0.15, 0.2) is 12.4 Å². The minimum atomic E-state index is 0.595. The van der Waals surface area contributed by atoms with E-state index in [4.69, 9.17) is 0 Å². The molecule has 0 aliphatic heterocycles. The van der Waals surface area contributed by atoms with Gasteiger partial charge in [0.05, 0.1) is 6.04 Å². The molecule has 0 radical (unpaired) electrons. The van der Waals surface area contributed by atoms with Crippen LogP contribution in [0.1, 0.15) is 57.8 Å². The molecule has 3 nitrogen and oxygen atoms in total. The summed E-state index contributed by atoms with van der Waals surface area (Å²) in [6.07, 6.45) is 11.7. The van der Waals surface area contributed by atoms with Gasteiger partial charge in [-0.15, -0.1) is 0 Å². The summed E-state index contributed by atoms with van der Waals surface area (Å²) >= 11 is 0. The molecule has 1 aliphatic carbocycles. The van der Waals surface area contributed by atoms with E-state index in [0.717, 1.165) is 12.3 Å². The second kappa shape index (κ2) is 6.37. The van der Waals surface area contributed by atoms with Crippen molar-refractivity contribution in [1.82, 2.24) is 14.9 Å². The Morgan fingerprint density at radius 2 is 2.22 bits per heavy atom. The number of imidazole rings is 1. The number of hydrogen-bond donors (Lipinski definition) is 1. The van der Waals surface area contributed by atoms with E-state index in [1.54, 1.807) is 0 Å². The SMILES string of the molecule is CCCc1nccn1C1CC(CC)CCC1NC. The predicted molar refractivity (Wildman–Crippen MR) is 75.7 cm³/mol. The minimum absolute atomic E-state index is 0.595. The normalized spacial score (nSPS) is 28.5. The van der Waals surface area contributed by atoms with Gasteiger partial charge >= 0.3 is 0 Å². The van der Waals surface area contributed by atoms with Crippen LogP contribution in [0, 0.1) is 5.92 Å². The number of aryl methyl sites for hydroxylation is 1. The molecular weight excluding hydrogens is 222 g/mol. The van der Waals surface area contributed by atoms with Gasteiger partial charge in [0, 0.05) is 24.9 Å². The number of nitrogens with zero attached hydrogens (tertiary/aromatic N) is 2. The van der Waals surface area contributed by atoms with Crippen LogP contribution in [0.3, 0.4) is 0 Å². The Kier molecular flexibility index (Phi) is 4.81. The summed E-state index contributed by atoms with van der Waals surface area (Å²) in [5.41, 5.74) is 0. The summed E-state index contributed by atoms with van der Waals surface area (Å²) in [4.78, 5) is 4.54. The van der Waals surface area contributed by atoms with Gasteiger partial charge in [-0.25, -0.2) is 4.98 Å². The summed E-state index contributed by atoms with van der Waals surface area (Å²) < 4.78 is 2.44. The fourth-order valence-electron chi connectivity index (χ4n) is 3.31. The summed E-state index contributed by atoms with van der Waals surface area (Å²) in [5.74, 6) is 2.15. The van der Waals surface area contributed by atoms with Crippen molar-refractivity contribution >= 4 is 0 Å². The molecule has 0 bridgehead atoms. The monoisotopic (exact) mass is 249 g/mol. The summed E-state index contributed by atoms with van der Waals surface area (Å²) in [6.45, 7) is 4.55. The van der Waals surface area contributed by atoms with Crippen molar-refractivity contribution in [2.24, 2.45) is 5.92 Å². The molecule has 3 atom stereocenters. The molecule has 1 aromatic heterocycles. The molecule has 3 unspecified atom stereocenters. The van der Waals surface area contributed by atoms with Crippen molar-refractivity contribution in [3.63, 3.8) is 0 Å². The van der Waals surface area contributed by atoms with E-state index in [-0.39, 0.29) is 0 Å². The van der Waals surface area contributed by atoms with Gasteiger partial charge in [0.15, 0.2) is 0 Å². The van der Waals surface area contributed by atoms with E-state index >= 15 is 0 Å². The van der Waals surface area contributed by atoms with Crippen LogP contribution in [0.4, 0.5) is 0 Å². The number of rotatable bonds is 5. The van der Waals surface area contributed by atoms with E-state index in [9.17, 15) is 0 Å². The lowest BCUT2D eigenvalue weighted by Gasteiger charge is -2.37. The maximum absolute atomic E-state index is 4.54. The average Bonchev–Trinajstić information content (AvgIpc) is 2.86. The topological polar surface area (TPSA) is 29.9 Å². The highest BCUT2D eigenvalue weighted by molar-refractivity contribution is 5.00. The third-order valence-electron chi connectivity index (χ3n) is 4.45. The molecule has 2 rings (SSSR count). The summed E-state index contributed by atoms with van der Waals surface area (Å²) in [7, 11) is 2.10. The molecule has 1 aliphatic rings. The third-order valence-corrected chi connectivity index (χ3v) is 4.45. The molecule has 1 N–H and O–H groups in total. The number of nitrogens with one attached hydrogen (secondary N) is 1. The molecule has 0 saturated heterocycles. The summed E-state index contributed by atoms with van der Waals surface area (Å²) in [6, 6.07) is 1.20. The zero-order valence-electron chi connectivity index (χ0n) is 12.0. The molecular formula is C15H27N3. The van der Waals surface area contributed by atoms with Crippen molar-refractivity contribution in [3.05, 3.63) is 18.2 Å². The van der Waals surface area contributed by atoms with Crippen LogP contribution in [0.25, 0.3) is 0 Å². The molecule has 18 heavy (non-hydrogen) atoms. The van der Waals surface area contributed by atoms with Crippen LogP contribution in [0.5, 0.6) is 0 Å². The van der Waals surface area contributed by atoms with Crippen LogP contribution in [0.2, 0.25) is 0 Å². The summed E-state index contributed by atoms with van der Waals surface area (Å²) in [5, 5.41) is 3.51. The van der Waals surface area contributed by atoms with Crippen LogP contribution in [-0.4, -0.2) is 22.6 Å². The molecule has 0 amide bonds.